The van der Waals surface area contributed by atoms with Crippen LogP contribution in [0, 0.1) is 11.3 Å². The second kappa shape index (κ2) is 6.44. The molecule has 0 aliphatic carbocycles. The molecule has 0 bridgehead atoms. The van der Waals surface area contributed by atoms with Gasteiger partial charge in [-0.1, -0.05) is 19.4 Å². The highest BCUT2D eigenvalue weighted by atomic mass is 32.2. The summed E-state index contributed by atoms with van der Waals surface area (Å²) < 4.78 is 5.78. The normalized spacial score (nSPS) is 11.9. The molecule has 0 amide bonds. The molecule has 0 saturated carbocycles. The summed E-state index contributed by atoms with van der Waals surface area (Å²) in [5, 5.41) is 9.13. The first-order valence-corrected chi connectivity index (χ1v) is 6.69. The van der Waals surface area contributed by atoms with Crippen LogP contribution in [0.3, 0.4) is 0 Å². The lowest BCUT2D eigenvalue weighted by Crippen LogP contribution is -2.12. The van der Waals surface area contributed by atoms with Gasteiger partial charge in [0.1, 0.15) is 17.4 Å². The molecular weight excluding hydrogens is 218 g/mol. The van der Waals surface area contributed by atoms with Gasteiger partial charge in [-0.3, -0.25) is 0 Å². The van der Waals surface area contributed by atoms with Crippen LogP contribution in [0.25, 0.3) is 0 Å². The van der Waals surface area contributed by atoms with E-state index >= 15 is 0 Å². The van der Waals surface area contributed by atoms with Crippen LogP contribution in [-0.2, 0) is 0 Å². The van der Waals surface area contributed by atoms with Crippen molar-refractivity contribution in [2.24, 2.45) is 0 Å². The highest BCUT2D eigenvalue weighted by molar-refractivity contribution is 7.98. The van der Waals surface area contributed by atoms with Crippen LogP contribution >= 0.6 is 11.8 Å². The number of nitriles is 1. The molecule has 1 aromatic carbocycles. The third-order valence-electron chi connectivity index (χ3n) is 2.34. The number of hydrogen-bond donors (Lipinski definition) is 0. The van der Waals surface area contributed by atoms with E-state index in [1.54, 1.807) is 11.8 Å². The van der Waals surface area contributed by atoms with E-state index in [0.717, 1.165) is 17.7 Å². The molecule has 3 heteroatoms. The maximum absolute atomic E-state index is 9.13. The molecule has 0 spiro atoms. The lowest BCUT2D eigenvalue weighted by Gasteiger charge is -2.15. The van der Waals surface area contributed by atoms with Crippen LogP contribution in [0.15, 0.2) is 23.1 Å². The Balaban J connectivity index is 2.92. The van der Waals surface area contributed by atoms with E-state index < -0.39 is 0 Å². The van der Waals surface area contributed by atoms with E-state index in [9.17, 15) is 0 Å². The average molecular weight is 235 g/mol. The average Bonchev–Trinajstić information content (AvgIpc) is 2.29. The topological polar surface area (TPSA) is 33.0 Å². The van der Waals surface area contributed by atoms with Crippen molar-refractivity contribution >= 4 is 11.8 Å². The van der Waals surface area contributed by atoms with Gasteiger partial charge in [0.25, 0.3) is 0 Å². The molecule has 1 rings (SSSR count). The van der Waals surface area contributed by atoms with Gasteiger partial charge in [-0.2, -0.15) is 5.26 Å². The van der Waals surface area contributed by atoms with Gasteiger partial charge in [-0.15, -0.1) is 11.8 Å². The van der Waals surface area contributed by atoms with Gasteiger partial charge in [-0.25, -0.2) is 0 Å². The summed E-state index contributed by atoms with van der Waals surface area (Å²) in [6.07, 6.45) is 4.23. The molecule has 1 aromatic rings. The number of thioether (sulfide) groups is 1. The number of rotatable bonds is 5. The zero-order valence-electron chi connectivity index (χ0n) is 9.99. The summed E-state index contributed by atoms with van der Waals surface area (Å²) >= 11 is 1.57. The lowest BCUT2D eigenvalue weighted by molar-refractivity contribution is 0.209. The standard InChI is InChI=1S/C13H17NOS/c1-4-6-10(2)15-12-7-5-8-13(16-3)11(12)9-14/h5,7-8,10H,4,6H2,1-3H3. The van der Waals surface area contributed by atoms with Crippen molar-refractivity contribution in [3.05, 3.63) is 23.8 Å². The van der Waals surface area contributed by atoms with E-state index in [0.29, 0.717) is 11.3 Å². The maximum atomic E-state index is 9.13. The van der Waals surface area contributed by atoms with E-state index in [4.69, 9.17) is 10.00 Å². The van der Waals surface area contributed by atoms with Crippen molar-refractivity contribution in [3.63, 3.8) is 0 Å². The summed E-state index contributed by atoms with van der Waals surface area (Å²) in [5.74, 6) is 0.704. The van der Waals surface area contributed by atoms with Crippen molar-refractivity contribution in [1.29, 1.82) is 5.26 Å². The van der Waals surface area contributed by atoms with Crippen LogP contribution in [0.1, 0.15) is 32.3 Å². The molecule has 0 aliphatic rings. The fourth-order valence-electron chi connectivity index (χ4n) is 1.57. The maximum Gasteiger partial charge on any atom is 0.138 e. The van der Waals surface area contributed by atoms with E-state index in [2.05, 4.69) is 13.0 Å². The molecular formula is C13H17NOS. The molecule has 0 saturated heterocycles. The van der Waals surface area contributed by atoms with Gasteiger partial charge in [0, 0.05) is 4.90 Å². The van der Waals surface area contributed by atoms with Gasteiger partial charge >= 0.3 is 0 Å². The van der Waals surface area contributed by atoms with Gasteiger partial charge in [0.05, 0.1) is 6.10 Å². The van der Waals surface area contributed by atoms with Gasteiger partial charge < -0.3 is 4.74 Å². The second-order valence-electron chi connectivity index (χ2n) is 3.66. The zero-order chi connectivity index (χ0) is 12.0. The lowest BCUT2D eigenvalue weighted by atomic mass is 10.2. The number of nitrogens with zero attached hydrogens (tertiary/aromatic N) is 1. The molecule has 0 N–H and O–H groups in total. The van der Waals surface area contributed by atoms with Gasteiger partial charge in [0.2, 0.25) is 0 Å². The summed E-state index contributed by atoms with van der Waals surface area (Å²) in [6, 6.07) is 7.96. The van der Waals surface area contributed by atoms with Crippen molar-refractivity contribution in [1.82, 2.24) is 0 Å². The Morgan fingerprint density at radius 1 is 1.50 bits per heavy atom. The van der Waals surface area contributed by atoms with E-state index in [-0.39, 0.29) is 6.10 Å². The highest BCUT2D eigenvalue weighted by Gasteiger charge is 2.10. The number of benzene rings is 1. The Kier molecular flexibility index (Phi) is 5.21. The minimum Gasteiger partial charge on any atom is -0.489 e. The number of hydrogen-bond acceptors (Lipinski definition) is 3. The van der Waals surface area contributed by atoms with E-state index in [1.807, 2.05) is 31.4 Å². The number of ether oxygens (including phenoxy) is 1. The van der Waals surface area contributed by atoms with Crippen molar-refractivity contribution < 1.29 is 4.74 Å². The van der Waals surface area contributed by atoms with Crippen LogP contribution < -0.4 is 4.74 Å². The molecule has 1 unspecified atom stereocenters. The fraction of sp³-hybridized carbons (Fsp3) is 0.462. The first-order chi connectivity index (χ1) is 7.72. The summed E-state index contributed by atoms with van der Waals surface area (Å²) in [6.45, 7) is 4.17. The second-order valence-corrected chi connectivity index (χ2v) is 4.51. The molecule has 0 aromatic heterocycles. The van der Waals surface area contributed by atoms with Crippen LogP contribution in [0.5, 0.6) is 5.75 Å². The Hall–Kier alpha value is -1.14. The third-order valence-corrected chi connectivity index (χ3v) is 3.12. The molecule has 0 heterocycles. The Morgan fingerprint density at radius 3 is 2.81 bits per heavy atom. The largest absolute Gasteiger partial charge is 0.489 e. The van der Waals surface area contributed by atoms with E-state index in [1.165, 1.54) is 0 Å². The Bertz CT molecular complexity index is 384. The van der Waals surface area contributed by atoms with Crippen LogP contribution in [0.4, 0.5) is 0 Å². The predicted molar refractivity (Wildman–Crippen MR) is 67.9 cm³/mol. The molecule has 86 valence electrons. The first-order valence-electron chi connectivity index (χ1n) is 5.46. The summed E-state index contributed by atoms with van der Waals surface area (Å²) in [7, 11) is 0. The summed E-state index contributed by atoms with van der Waals surface area (Å²) in [5.41, 5.74) is 0.651. The van der Waals surface area contributed by atoms with Crippen molar-refractivity contribution in [2.45, 2.75) is 37.7 Å². The van der Waals surface area contributed by atoms with Crippen molar-refractivity contribution in [3.8, 4) is 11.8 Å². The van der Waals surface area contributed by atoms with Crippen LogP contribution in [-0.4, -0.2) is 12.4 Å². The molecule has 16 heavy (non-hydrogen) atoms. The molecule has 0 aliphatic heterocycles. The first kappa shape index (κ1) is 12.9. The molecule has 0 radical (unpaired) electrons. The van der Waals surface area contributed by atoms with Crippen molar-refractivity contribution in [2.75, 3.05) is 6.26 Å². The predicted octanol–water partition coefficient (Wildman–Crippen LogP) is 3.85. The van der Waals surface area contributed by atoms with Crippen LogP contribution in [0.2, 0.25) is 0 Å². The minimum atomic E-state index is 0.161. The quantitative estimate of drug-likeness (QED) is 0.727. The molecule has 0 fully saturated rings. The van der Waals surface area contributed by atoms with Gasteiger partial charge in [0.15, 0.2) is 0 Å². The SMILES string of the molecule is CCCC(C)Oc1cccc(SC)c1C#N. The fourth-order valence-corrected chi connectivity index (χ4v) is 2.14. The monoisotopic (exact) mass is 235 g/mol. The highest BCUT2D eigenvalue weighted by Crippen LogP contribution is 2.28. The third kappa shape index (κ3) is 3.18. The zero-order valence-corrected chi connectivity index (χ0v) is 10.8. The van der Waals surface area contributed by atoms with Gasteiger partial charge in [-0.05, 0) is 31.7 Å². The Morgan fingerprint density at radius 2 is 2.25 bits per heavy atom. The molecule has 2 nitrogen and oxygen atoms in total. The molecule has 1 atom stereocenters. The summed E-state index contributed by atoms with van der Waals surface area (Å²) in [4.78, 5) is 0.976. The minimum absolute atomic E-state index is 0.161. The Labute approximate surface area is 102 Å². The smallest absolute Gasteiger partial charge is 0.138 e.